The Bertz CT molecular complexity index is 701. The van der Waals surface area contributed by atoms with E-state index in [2.05, 4.69) is 68.9 Å². The third-order valence-electron chi connectivity index (χ3n) is 3.02. The molecule has 0 radical (unpaired) electrons. The summed E-state index contributed by atoms with van der Waals surface area (Å²) in [6.07, 6.45) is 5.94. The molecule has 0 unspecified atom stereocenters. The lowest BCUT2D eigenvalue weighted by Crippen LogP contribution is -1.98. The molecule has 0 fully saturated rings. The largest absolute Gasteiger partial charge is 0.343 e. The molecule has 0 bridgehead atoms. The maximum absolute atomic E-state index is 4.24. The van der Waals surface area contributed by atoms with E-state index in [1.165, 1.54) is 22.0 Å². The van der Waals surface area contributed by atoms with Gasteiger partial charge in [-0.05, 0) is 42.3 Å². The molecule has 3 aromatic rings. The van der Waals surface area contributed by atoms with Gasteiger partial charge in [0, 0.05) is 40.5 Å². The molecule has 18 heavy (non-hydrogen) atoms. The van der Waals surface area contributed by atoms with Gasteiger partial charge in [-0.1, -0.05) is 22.0 Å². The van der Waals surface area contributed by atoms with Crippen molar-refractivity contribution in [1.82, 2.24) is 9.55 Å². The minimum atomic E-state index is 0.861. The van der Waals surface area contributed by atoms with Crippen LogP contribution in [0.3, 0.4) is 0 Å². The van der Waals surface area contributed by atoms with Crippen LogP contribution < -0.4 is 0 Å². The van der Waals surface area contributed by atoms with E-state index < -0.39 is 0 Å². The molecule has 0 N–H and O–H groups in total. The fraction of sp³-hybridized carbons (Fsp3) is 0.133. The molecule has 3 heteroatoms. The molecule has 0 saturated carbocycles. The Morgan fingerprint density at radius 1 is 1.17 bits per heavy atom. The lowest BCUT2D eigenvalue weighted by atomic mass is 10.2. The number of halogens is 1. The van der Waals surface area contributed by atoms with E-state index in [9.17, 15) is 0 Å². The molecule has 0 saturated heterocycles. The van der Waals surface area contributed by atoms with Crippen molar-refractivity contribution in [2.75, 3.05) is 0 Å². The molecule has 2 heterocycles. The smallest absolute Gasteiger partial charge is 0.0491 e. The summed E-state index contributed by atoms with van der Waals surface area (Å²) in [5.74, 6) is 0. The Balaban J connectivity index is 2.00. The van der Waals surface area contributed by atoms with Gasteiger partial charge in [0.25, 0.3) is 0 Å². The second kappa shape index (κ2) is 4.58. The van der Waals surface area contributed by atoms with Crippen molar-refractivity contribution in [3.8, 4) is 0 Å². The van der Waals surface area contributed by atoms with Crippen LogP contribution in [-0.4, -0.2) is 9.55 Å². The molecule has 0 amide bonds. The molecular weight excluding hydrogens is 288 g/mol. The Kier molecular flexibility index (Phi) is 2.92. The first-order valence-electron chi connectivity index (χ1n) is 5.87. The highest BCUT2D eigenvalue weighted by Crippen LogP contribution is 2.21. The minimum absolute atomic E-state index is 0.861. The number of rotatable bonds is 2. The van der Waals surface area contributed by atoms with Gasteiger partial charge in [-0.25, -0.2) is 0 Å². The number of pyridine rings is 1. The van der Waals surface area contributed by atoms with Gasteiger partial charge >= 0.3 is 0 Å². The van der Waals surface area contributed by atoms with E-state index in [-0.39, 0.29) is 0 Å². The van der Waals surface area contributed by atoms with Crippen LogP contribution in [0.2, 0.25) is 0 Å². The van der Waals surface area contributed by atoms with Crippen molar-refractivity contribution in [1.29, 1.82) is 0 Å². The number of nitrogens with zero attached hydrogens (tertiary/aromatic N) is 2. The number of fused-ring (bicyclic) bond motifs is 1. The minimum Gasteiger partial charge on any atom is -0.343 e. The van der Waals surface area contributed by atoms with E-state index in [0.717, 1.165) is 11.0 Å². The van der Waals surface area contributed by atoms with E-state index in [0.29, 0.717) is 0 Å². The molecular formula is C15H13BrN2. The third kappa shape index (κ3) is 2.18. The highest BCUT2D eigenvalue weighted by molar-refractivity contribution is 9.10. The Labute approximate surface area is 114 Å². The lowest BCUT2D eigenvalue weighted by molar-refractivity contribution is 0.830. The normalized spacial score (nSPS) is 11.0. The maximum atomic E-state index is 4.24. The fourth-order valence-corrected chi connectivity index (χ4v) is 2.59. The van der Waals surface area contributed by atoms with E-state index in [4.69, 9.17) is 0 Å². The first-order valence-corrected chi connectivity index (χ1v) is 6.66. The first-order chi connectivity index (χ1) is 8.72. The number of aromatic nitrogens is 2. The Morgan fingerprint density at radius 2 is 2.06 bits per heavy atom. The second-order valence-electron chi connectivity index (χ2n) is 4.52. The molecule has 0 spiro atoms. The number of aryl methyl sites for hydroxylation is 1. The van der Waals surface area contributed by atoms with Crippen LogP contribution in [0.5, 0.6) is 0 Å². The zero-order valence-corrected chi connectivity index (χ0v) is 11.7. The molecule has 90 valence electrons. The summed E-state index contributed by atoms with van der Waals surface area (Å²) in [4.78, 5) is 4.24. The van der Waals surface area contributed by atoms with Crippen LogP contribution in [0.1, 0.15) is 11.1 Å². The van der Waals surface area contributed by atoms with Gasteiger partial charge < -0.3 is 4.57 Å². The van der Waals surface area contributed by atoms with E-state index in [1.54, 1.807) is 0 Å². The van der Waals surface area contributed by atoms with Crippen molar-refractivity contribution in [2.24, 2.45) is 0 Å². The second-order valence-corrected chi connectivity index (χ2v) is 5.43. The van der Waals surface area contributed by atoms with Gasteiger partial charge in [0.05, 0.1) is 0 Å². The highest BCUT2D eigenvalue weighted by atomic mass is 79.9. The SMILES string of the molecule is Cc1cncc(Cn2ccc3cc(Br)ccc32)c1. The van der Waals surface area contributed by atoms with Gasteiger partial charge in [0.2, 0.25) is 0 Å². The number of hydrogen-bond acceptors (Lipinski definition) is 1. The van der Waals surface area contributed by atoms with Gasteiger partial charge in [-0.3, -0.25) is 4.98 Å². The number of benzene rings is 1. The summed E-state index contributed by atoms with van der Waals surface area (Å²) in [5.41, 5.74) is 3.68. The van der Waals surface area contributed by atoms with Crippen LogP contribution in [0.4, 0.5) is 0 Å². The summed E-state index contributed by atoms with van der Waals surface area (Å²) in [6.45, 7) is 2.93. The van der Waals surface area contributed by atoms with E-state index in [1.807, 2.05) is 12.4 Å². The van der Waals surface area contributed by atoms with Crippen molar-refractivity contribution in [3.63, 3.8) is 0 Å². The van der Waals surface area contributed by atoms with Gasteiger partial charge in [-0.15, -0.1) is 0 Å². The summed E-state index contributed by atoms with van der Waals surface area (Å²) >= 11 is 3.50. The number of hydrogen-bond donors (Lipinski definition) is 0. The van der Waals surface area contributed by atoms with Crippen LogP contribution in [0, 0.1) is 6.92 Å². The summed E-state index contributed by atoms with van der Waals surface area (Å²) in [5, 5.41) is 1.25. The third-order valence-corrected chi connectivity index (χ3v) is 3.51. The molecule has 2 nitrogen and oxygen atoms in total. The Hall–Kier alpha value is -1.61. The molecule has 2 aromatic heterocycles. The predicted molar refractivity (Wildman–Crippen MR) is 77.7 cm³/mol. The Morgan fingerprint density at radius 3 is 2.89 bits per heavy atom. The maximum Gasteiger partial charge on any atom is 0.0491 e. The molecule has 1 aromatic carbocycles. The average molecular weight is 301 g/mol. The lowest BCUT2D eigenvalue weighted by Gasteiger charge is -2.06. The summed E-state index contributed by atoms with van der Waals surface area (Å²) < 4.78 is 3.36. The molecule has 0 atom stereocenters. The molecule has 3 rings (SSSR count). The standard InChI is InChI=1S/C15H13BrN2/c1-11-6-12(9-17-8-11)10-18-5-4-13-7-14(16)2-3-15(13)18/h2-9H,10H2,1H3. The van der Waals surface area contributed by atoms with Crippen molar-refractivity contribution in [2.45, 2.75) is 13.5 Å². The fourth-order valence-electron chi connectivity index (χ4n) is 2.21. The monoisotopic (exact) mass is 300 g/mol. The molecule has 0 aliphatic heterocycles. The van der Waals surface area contributed by atoms with Crippen molar-refractivity contribution in [3.05, 3.63) is 64.5 Å². The first kappa shape index (κ1) is 11.5. The zero-order valence-electron chi connectivity index (χ0n) is 10.1. The molecule has 0 aliphatic carbocycles. The van der Waals surface area contributed by atoms with Gasteiger partial charge in [0.15, 0.2) is 0 Å². The van der Waals surface area contributed by atoms with Crippen molar-refractivity contribution < 1.29 is 0 Å². The summed E-state index contributed by atoms with van der Waals surface area (Å²) in [7, 11) is 0. The highest BCUT2D eigenvalue weighted by Gasteiger charge is 2.02. The van der Waals surface area contributed by atoms with Crippen molar-refractivity contribution >= 4 is 26.8 Å². The van der Waals surface area contributed by atoms with Gasteiger partial charge in [-0.2, -0.15) is 0 Å². The topological polar surface area (TPSA) is 17.8 Å². The van der Waals surface area contributed by atoms with Crippen LogP contribution in [0.15, 0.2) is 53.4 Å². The predicted octanol–water partition coefficient (Wildman–Crippen LogP) is 4.16. The van der Waals surface area contributed by atoms with Crippen LogP contribution >= 0.6 is 15.9 Å². The molecule has 0 aliphatic rings. The zero-order chi connectivity index (χ0) is 12.5. The van der Waals surface area contributed by atoms with Crippen LogP contribution in [0.25, 0.3) is 10.9 Å². The average Bonchev–Trinajstić information content (AvgIpc) is 2.72. The van der Waals surface area contributed by atoms with Gasteiger partial charge in [0.1, 0.15) is 0 Å². The van der Waals surface area contributed by atoms with E-state index >= 15 is 0 Å². The quantitative estimate of drug-likeness (QED) is 0.695. The summed E-state index contributed by atoms with van der Waals surface area (Å²) in [6, 6.07) is 10.7. The van der Waals surface area contributed by atoms with Crippen LogP contribution in [-0.2, 0) is 6.54 Å².